The highest BCUT2D eigenvalue weighted by atomic mass is 19.1. The number of rotatable bonds is 5. The van der Waals surface area contributed by atoms with Crippen molar-refractivity contribution in [2.75, 3.05) is 6.54 Å². The van der Waals surface area contributed by atoms with Crippen molar-refractivity contribution in [1.82, 2.24) is 5.32 Å². The van der Waals surface area contributed by atoms with Gasteiger partial charge in [0, 0.05) is 12.1 Å². The van der Waals surface area contributed by atoms with Gasteiger partial charge >= 0.3 is 0 Å². The summed E-state index contributed by atoms with van der Waals surface area (Å²) in [6, 6.07) is 11.2. The lowest BCUT2D eigenvalue weighted by atomic mass is 10.1. The van der Waals surface area contributed by atoms with Gasteiger partial charge in [-0.25, -0.2) is 4.39 Å². The Morgan fingerprint density at radius 1 is 1.14 bits per heavy atom. The van der Waals surface area contributed by atoms with Gasteiger partial charge in [0.15, 0.2) is 0 Å². The standard InChI is InChI=1S/C18H20FNO/c1-2-20-12-16-17(19)7-4-8-18(16)21-15-10-9-13-5-3-6-14(13)11-15/h4,7-11,20H,2-3,5-6,12H2,1H3. The number of hydrogen-bond acceptors (Lipinski definition) is 2. The summed E-state index contributed by atoms with van der Waals surface area (Å²) in [5.41, 5.74) is 3.35. The molecule has 2 nitrogen and oxygen atoms in total. The van der Waals surface area contributed by atoms with Gasteiger partial charge < -0.3 is 10.1 Å². The van der Waals surface area contributed by atoms with Crippen LogP contribution in [-0.2, 0) is 19.4 Å². The van der Waals surface area contributed by atoms with Crippen molar-refractivity contribution in [3.8, 4) is 11.5 Å². The van der Waals surface area contributed by atoms with Crippen LogP contribution in [0.3, 0.4) is 0 Å². The predicted octanol–water partition coefficient (Wildman–Crippen LogP) is 4.22. The minimum atomic E-state index is -0.227. The fourth-order valence-electron chi connectivity index (χ4n) is 2.79. The van der Waals surface area contributed by atoms with Gasteiger partial charge in [0.05, 0.1) is 0 Å². The van der Waals surface area contributed by atoms with Gasteiger partial charge in [-0.2, -0.15) is 0 Å². The van der Waals surface area contributed by atoms with Crippen molar-refractivity contribution >= 4 is 0 Å². The van der Waals surface area contributed by atoms with Crippen LogP contribution in [0.15, 0.2) is 36.4 Å². The van der Waals surface area contributed by atoms with E-state index in [1.165, 1.54) is 23.6 Å². The molecule has 0 heterocycles. The lowest BCUT2D eigenvalue weighted by Crippen LogP contribution is -2.13. The third kappa shape index (κ3) is 3.08. The van der Waals surface area contributed by atoms with E-state index >= 15 is 0 Å². The highest BCUT2D eigenvalue weighted by Gasteiger charge is 2.13. The van der Waals surface area contributed by atoms with Gasteiger partial charge in [-0.1, -0.05) is 19.1 Å². The second-order valence-corrected chi connectivity index (χ2v) is 5.38. The number of ether oxygens (including phenoxy) is 1. The second kappa shape index (κ2) is 6.27. The van der Waals surface area contributed by atoms with E-state index in [-0.39, 0.29) is 5.82 Å². The first kappa shape index (κ1) is 14.1. The van der Waals surface area contributed by atoms with E-state index < -0.39 is 0 Å². The Bertz CT molecular complexity index is 639. The van der Waals surface area contributed by atoms with Crippen LogP contribution in [0, 0.1) is 5.82 Å². The topological polar surface area (TPSA) is 21.3 Å². The van der Waals surface area contributed by atoms with Crippen molar-refractivity contribution in [3.05, 3.63) is 58.9 Å². The van der Waals surface area contributed by atoms with Gasteiger partial charge in [-0.05, 0) is 61.2 Å². The van der Waals surface area contributed by atoms with E-state index in [1.54, 1.807) is 6.07 Å². The minimum Gasteiger partial charge on any atom is -0.457 e. The first-order valence-corrected chi connectivity index (χ1v) is 7.55. The molecule has 0 fully saturated rings. The first-order chi connectivity index (χ1) is 10.3. The van der Waals surface area contributed by atoms with Gasteiger partial charge in [0.1, 0.15) is 17.3 Å². The summed E-state index contributed by atoms with van der Waals surface area (Å²) in [5.74, 6) is 1.16. The lowest BCUT2D eigenvalue weighted by molar-refractivity contribution is 0.462. The molecule has 3 heteroatoms. The molecule has 1 aliphatic carbocycles. The first-order valence-electron chi connectivity index (χ1n) is 7.55. The maximum Gasteiger partial charge on any atom is 0.134 e. The van der Waals surface area contributed by atoms with Crippen LogP contribution in [0.4, 0.5) is 4.39 Å². The fraction of sp³-hybridized carbons (Fsp3) is 0.333. The third-order valence-electron chi connectivity index (χ3n) is 3.93. The maximum atomic E-state index is 14.0. The van der Waals surface area contributed by atoms with E-state index in [2.05, 4.69) is 17.4 Å². The van der Waals surface area contributed by atoms with Gasteiger partial charge in [0.2, 0.25) is 0 Å². The molecule has 3 rings (SSSR count). The minimum absolute atomic E-state index is 0.227. The molecule has 0 bridgehead atoms. The number of fused-ring (bicyclic) bond motifs is 1. The Morgan fingerprint density at radius 3 is 2.86 bits per heavy atom. The van der Waals surface area contributed by atoms with Crippen molar-refractivity contribution < 1.29 is 9.13 Å². The van der Waals surface area contributed by atoms with Crippen molar-refractivity contribution in [2.24, 2.45) is 0 Å². The van der Waals surface area contributed by atoms with Gasteiger partial charge in [-0.15, -0.1) is 0 Å². The van der Waals surface area contributed by atoms with E-state index in [0.29, 0.717) is 17.9 Å². The molecule has 0 saturated heterocycles. The molecule has 0 unspecified atom stereocenters. The molecule has 0 atom stereocenters. The molecule has 0 spiro atoms. The average Bonchev–Trinajstić information content (AvgIpc) is 2.94. The normalized spacial score (nSPS) is 13.2. The molecule has 0 aliphatic heterocycles. The SMILES string of the molecule is CCNCc1c(F)cccc1Oc1ccc2c(c1)CCC2. The number of nitrogens with one attached hydrogen (secondary N) is 1. The fourth-order valence-corrected chi connectivity index (χ4v) is 2.79. The molecule has 0 saturated carbocycles. The Balaban J connectivity index is 1.85. The largest absolute Gasteiger partial charge is 0.457 e. The Morgan fingerprint density at radius 2 is 2.00 bits per heavy atom. The number of aryl methyl sites for hydroxylation is 2. The zero-order valence-electron chi connectivity index (χ0n) is 12.3. The highest BCUT2D eigenvalue weighted by molar-refractivity contribution is 5.43. The van der Waals surface area contributed by atoms with Gasteiger partial charge in [-0.3, -0.25) is 0 Å². The van der Waals surface area contributed by atoms with Crippen LogP contribution in [0.1, 0.15) is 30.0 Å². The molecule has 110 valence electrons. The molecule has 0 radical (unpaired) electrons. The maximum absolute atomic E-state index is 14.0. The highest BCUT2D eigenvalue weighted by Crippen LogP contribution is 2.31. The summed E-state index contributed by atoms with van der Waals surface area (Å²) in [4.78, 5) is 0. The smallest absolute Gasteiger partial charge is 0.134 e. The molecule has 1 aliphatic rings. The van der Waals surface area contributed by atoms with Crippen LogP contribution in [0.2, 0.25) is 0 Å². The van der Waals surface area contributed by atoms with Gasteiger partial charge in [0.25, 0.3) is 0 Å². The third-order valence-corrected chi connectivity index (χ3v) is 3.93. The van der Waals surface area contributed by atoms with E-state index in [0.717, 1.165) is 25.1 Å². The average molecular weight is 285 g/mol. The molecule has 2 aromatic carbocycles. The molecule has 21 heavy (non-hydrogen) atoms. The van der Waals surface area contributed by atoms with E-state index in [9.17, 15) is 4.39 Å². The Kier molecular flexibility index (Phi) is 4.20. The van der Waals surface area contributed by atoms with Crippen molar-refractivity contribution in [3.63, 3.8) is 0 Å². The summed E-state index contributed by atoms with van der Waals surface area (Å²) in [6.07, 6.45) is 3.48. The number of benzene rings is 2. The lowest BCUT2D eigenvalue weighted by Gasteiger charge is -2.13. The summed E-state index contributed by atoms with van der Waals surface area (Å²) in [6.45, 7) is 3.28. The van der Waals surface area contributed by atoms with Crippen LogP contribution in [0.5, 0.6) is 11.5 Å². The van der Waals surface area contributed by atoms with Crippen LogP contribution < -0.4 is 10.1 Å². The molecular formula is C18H20FNO. The van der Waals surface area contributed by atoms with Crippen LogP contribution in [-0.4, -0.2) is 6.54 Å². The summed E-state index contributed by atoms with van der Waals surface area (Å²) >= 11 is 0. The summed E-state index contributed by atoms with van der Waals surface area (Å²) in [5, 5.41) is 3.15. The van der Waals surface area contributed by atoms with E-state index in [1.807, 2.05) is 19.1 Å². The molecular weight excluding hydrogens is 265 g/mol. The second-order valence-electron chi connectivity index (χ2n) is 5.38. The molecule has 1 N–H and O–H groups in total. The summed E-state index contributed by atoms with van der Waals surface area (Å²) < 4.78 is 19.9. The van der Waals surface area contributed by atoms with Crippen LogP contribution in [0.25, 0.3) is 0 Å². The molecule has 0 aromatic heterocycles. The number of halogens is 1. The number of hydrogen-bond donors (Lipinski definition) is 1. The predicted molar refractivity (Wildman–Crippen MR) is 82.3 cm³/mol. The van der Waals surface area contributed by atoms with Crippen molar-refractivity contribution in [1.29, 1.82) is 0 Å². The zero-order chi connectivity index (χ0) is 14.7. The van der Waals surface area contributed by atoms with E-state index in [4.69, 9.17) is 4.74 Å². The summed E-state index contributed by atoms with van der Waals surface area (Å²) in [7, 11) is 0. The quantitative estimate of drug-likeness (QED) is 0.888. The monoisotopic (exact) mass is 285 g/mol. The Labute approximate surface area is 125 Å². The zero-order valence-corrected chi connectivity index (χ0v) is 12.3. The Hall–Kier alpha value is -1.87. The van der Waals surface area contributed by atoms with Crippen molar-refractivity contribution in [2.45, 2.75) is 32.7 Å². The molecule has 2 aromatic rings. The molecule has 0 amide bonds. The van der Waals surface area contributed by atoms with Crippen LogP contribution >= 0.6 is 0 Å².